The Morgan fingerprint density at radius 1 is 1.33 bits per heavy atom. The molecule has 2 heterocycles. The molecule has 0 aromatic carbocycles. The second-order valence-corrected chi connectivity index (χ2v) is 4.30. The average molecular weight is 251 g/mol. The van der Waals surface area contributed by atoms with Crippen molar-refractivity contribution in [2.75, 3.05) is 26.2 Å². The van der Waals surface area contributed by atoms with Crippen LogP contribution in [0.3, 0.4) is 0 Å². The van der Waals surface area contributed by atoms with Gasteiger partial charge in [-0.2, -0.15) is 0 Å². The normalized spacial score (nSPS) is 16.4. The zero-order chi connectivity index (χ0) is 12.8. The predicted octanol–water partition coefficient (Wildman–Crippen LogP) is 1.04. The van der Waals surface area contributed by atoms with Crippen molar-refractivity contribution in [2.45, 2.75) is 19.3 Å². The van der Waals surface area contributed by atoms with Crippen LogP contribution < -0.4 is 4.74 Å². The first-order valence-corrected chi connectivity index (χ1v) is 6.16. The smallest absolute Gasteiger partial charge is 0.356 e. The number of likely N-dealkylation sites (tertiary alicyclic amines) is 1. The molecule has 0 aliphatic carbocycles. The van der Waals surface area contributed by atoms with Crippen molar-refractivity contribution >= 4 is 5.97 Å². The van der Waals surface area contributed by atoms with Crippen molar-refractivity contribution in [3.63, 3.8) is 0 Å². The molecule has 2 rings (SSSR count). The lowest BCUT2D eigenvalue weighted by atomic mass is 10.1. The van der Waals surface area contributed by atoms with Crippen molar-refractivity contribution in [1.82, 2.24) is 14.9 Å². The first kappa shape index (κ1) is 12.8. The third kappa shape index (κ3) is 3.66. The molecule has 0 spiro atoms. The molecule has 1 aromatic heterocycles. The van der Waals surface area contributed by atoms with Crippen LogP contribution >= 0.6 is 0 Å². The Morgan fingerprint density at radius 3 is 2.83 bits per heavy atom. The number of piperidine rings is 1. The highest BCUT2D eigenvalue weighted by Gasteiger charge is 2.10. The van der Waals surface area contributed by atoms with Crippen LogP contribution in [0, 0.1) is 0 Å². The Bertz CT molecular complexity index is 405. The van der Waals surface area contributed by atoms with Gasteiger partial charge in [-0.3, -0.25) is 9.88 Å². The fourth-order valence-corrected chi connectivity index (χ4v) is 1.98. The van der Waals surface area contributed by atoms with Crippen LogP contribution in [-0.2, 0) is 0 Å². The van der Waals surface area contributed by atoms with E-state index < -0.39 is 5.97 Å². The number of aromatic nitrogens is 2. The summed E-state index contributed by atoms with van der Waals surface area (Å²) in [5.74, 6) is -0.823. The van der Waals surface area contributed by atoms with E-state index in [4.69, 9.17) is 9.84 Å². The lowest BCUT2D eigenvalue weighted by Gasteiger charge is -2.25. The van der Waals surface area contributed by atoms with E-state index in [9.17, 15) is 4.79 Å². The van der Waals surface area contributed by atoms with Gasteiger partial charge in [-0.05, 0) is 25.9 Å². The minimum Gasteiger partial charge on any atom is -0.476 e. The minimum atomic E-state index is -1.09. The van der Waals surface area contributed by atoms with E-state index in [1.807, 2.05) is 0 Å². The molecule has 0 unspecified atom stereocenters. The number of nitrogens with zero attached hydrogens (tertiary/aromatic N) is 3. The van der Waals surface area contributed by atoms with Gasteiger partial charge in [0.25, 0.3) is 0 Å². The Labute approximate surface area is 106 Å². The summed E-state index contributed by atoms with van der Waals surface area (Å²) in [6.45, 7) is 3.59. The quantitative estimate of drug-likeness (QED) is 0.842. The van der Waals surface area contributed by atoms with Gasteiger partial charge in [0, 0.05) is 6.54 Å². The molecule has 0 saturated carbocycles. The maximum absolute atomic E-state index is 10.7. The second-order valence-electron chi connectivity index (χ2n) is 4.30. The van der Waals surface area contributed by atoms with E-state index in [2.05, 4.69) is 14.9 Å². The van der Waals surface area contributed by atoms with E-state index in [-0.39, 0.29) is 11.6 Å². The Balaban J connectivity index is 1.78. The van der Waals surface area contributed by atoms with Gasteiger partial charge < -0.3 is 9.84 Å². The molecular formula is C12H17N3O3. The second kappa shape index (κ2) is 6.30. The third-order valence-electron chi connectivity index (χ3n) is 2.94. The summed E-state index contributed by atoms with van der Waals surface area (Å²) in [6, 6.07) is 0. The molecule has 1 saturated heterocycles. The summed E-state index contributed by atoms with van der Waals surface area (Å²) in [7, 11) is 0. The molecule has 98 valence electrons. The molecule has 0 amide bonds. The molecule has 6 nitrogen and oxygen atoms in total. The summed E-state index contributed by atoms with van der Waals surface area (Å²) in [6.07, 6.45) is 6.44. The van der Waals surface area contributed by atoms with Gasteiger partial charge in [-0.1, -0.05) is 6.42 Å². The highest BCUT2D eigenvalue weighted by atomic mass is 16.5. The molecule has 1 aromatic rings. The molecule has 0 bridgehead atoms. The molecular weight excluding hydrogens is 234 g/mol. The van der Waals surface area contributed by atoms with Crippen LogP contribution in [0.1, 0.15) is 29.8 Å². The predicted molar refractivity (Wildman–Crippen MR) is 64.8 cm³/mol. The fraction of sp³-hybridized carbons (Fsp3) is 0.583. The number of carboxylic acids is 1. The summed E-state index contributed by atoms with van der Waals surface area (Å²) in [5, 5.41) is 8.77. The van der Waals surface area contributed by atoms with Crippen molar-refractivity contribution in [3.05, 3.63) is 18.1 Å². The highest BCUT2D eigenvalue weighted by Crippen LogP contribution is 2.09. The summed E-state index contributed by atoms with van der Waals surface area (Å²) >= 11 is 0. The summed E-state index contributed by atoms with van der Waals surface area (Å²) < 4.78 is 5.42. The zero-order valence-corrected chi connectivity index (χ0v) is 10.2. The monoisotopic (exact) mass is 251 g/mol. The van der Waals surface area contributed by atoms with Gasteiger partial charge in [-0.25, -0.2) is 9.78 Å². The summed E-state index contributed by atoms with van der Waals surface area (Å²) in [4.78, 5) is 20.7. The first-order valence-electron chi connectivity index (χ1n) is 6.16. The van der Waals surface area contributed by atoms with Crippen LogP contribution in [0.2, 0.25) is 0 Å². The Hall–Kier alpha value is -1.69. The van der Waals surface area contributed by atoms with Gasteiger partial charge >= 0.3 is 5.97 Å². The van der Waals surface area contributed by atoms with E-state index in [0.717, 1.165) is 19.6 Å². The fourth-order valence-electron chi connectivity index (χ4n) is 1.98. The molecule has 1 N–H and O–H groups in total. The largest absolute Gasteiger partial charge is 0.476 e. The number of rotatable bonds is 5. The average Bonchev–Trinajstić information content (AvgIpc) is 2.40. The van der Waals surface area contributed by atoms with Crippen molar-refractivity contribution in [1.29, 1.82) is 0 Å². The number of ether oxygens (including phenoxy) is 1. The SMILES string of the molecule is O=C(O)c1cncc(OCCN2CCCCC2)n1. The number of aromatic carboxylic acids is 1. The van der Waals surface area contributed by atoms with E-state index in [0.29, 0.717) is 6.61 Å². The van der Waals surface area contributed by atoms with Crippen LogP contribution in [0.25, 0.3) is 0 Å². The zero-order valence-electron chi connectivity index (χ0n) is 10.2. The van der Waals surface area contributed by atoms with E-state index in [1.165, 1.54) is 31.7 Å². The maximum atomic E-state index is 10.7. The van der Waals surface area contributed by atoms with Crippen LogP contribution in [0.5, 0.6) is 5.88 Å². The van der Waals surface area contributed by atoms with Gasteiger partial charge in [0.2, 0.25) is 5.88 Å². The number of carbonyl (C=O) groups is 1. The molecule has 1 fully saturated rings. The first-order chi connectivity index (χ1) is 8.75. The highest BCUT2D eigenvalue weighted by molar-refractivity contribution is 5.84. The van der Waals surface area contributed by atoms with Gasteiger partial charge in [0.15, 0.2) is 5.69 Å². The standard InChI is InChI=1S/C12H17N3O3/c16-12(17)10-8-13-9-11(14-10)18-7-6-15-4-2-1-3-5-15/h8-9H,1-7H2,(H,16,17). The summed E-state index contributed by atoms with van der Waals surface area (Å²) in [5.41, 5.74) is -0.0922. The van der Waals surface area contributed by atoms with Crippen LogP contribution in [0.15, 0.2) is 12.4 Å². The van der Waals surface area contributed by atoms with Crippen LogP contribution in [-0.4, -0.2) is 52.2 Å². The van der Waals surface area contributed by atoms with Gasteiger partial charge in [0.1, 0.15) is 6.61 Å². The van der Waals surface area contributed by atoms with Crippen molar-refractivity contribution < 1.29 is 14.6 Å². The van der Waals surface area contributed by atoms with Gasteiger partial charge in [0.05, 0.1) is 12.4 Å². The lowest BCUT2D eigenvalue weighted by Crippen LogP contribution is -2.33. The van der Waals surface area contributed by atoms with Crippen molar-refractivity contribution in [3.8, 4) is 5.88 Å². The molecule has 6 heteroatoms. The number of hydrogen-bond donors (Lipinski definition) is 1. The lowest BCUT2D eigenvalue weighted by molar-refractivity contribution is 0.0688. The molecule has 0 atom stereocenters. The number of carboxylic acid groups (broad SMARTS) is 1. The molecule has 1 aliphatic heterocycles. The third-order valence-corrected chi connectivity index (χ3v) is 2.94. The number of hydrogen-bond acceptors (Lipinski definition) is 5. The van der Waals surface area contributed by atoms with E-state index >= 15 is 0 Å². The Kier molecular flexibility index (Phi) is 4.46. The van der Waals surface area contributed by atoms with Gasteiger partial charge in [-0.15, -0.1) is 0 Å². The Morgan fingerprint density at radius 2 is 2.11 bits per heavy atom. The molecule has 1 aliphatic rings. The minimum absolute atomic E-state index is 0.0922. The topological polar surface area (TPSA) is 75.6 Å². The van der Waals surface area contributed by atoms with E-state index in [1.54, 1.807) is 0 Å². The van der Waals surface area contributed by atoms with Crippen LogP contribution in [0.4, 0.5) is 0 Å². The maximum Gasteiger partial charge on any atom is 0.356 e. The molecule has 18 heavy (non-hydrogen) atoms. The molecule has 0 radical (unpaired) electrons. The van der Waals surface area contributed by atoms with Crippen molar-refractivity contribution in [2.24, 2.45) is 0 Å².